The van der Waals surface area contributed by atoms with Crippen LogP contribution in [0.3, 0.4) is 0 Å². The van der Waals surface area contributed by atoms with Gasteiger partial charge in [-0.2, -0.15) is 0 Å². The normalized spacial score (nSPS) is 35.2. The Morgan fingerprint density at radius 2 is 2.15 bits per heavy atom. The number of aliphatic hydroxyl groups excluding tert-OH is 1. The average molecular weight is 278 g/mol. The SMILES string of the molecule is COC(=O)[C@]12C(=O)C=CC(C)(C)[C@H]1CC=C(C)[C@H]2CO. The highest BCUT2D eigenvalue weighted by Crippen LogP contribution is 2.56. The molecule has 0 aromatic rings. The first kappa shape index (κ1) is 15.0. The van der Waals surface area contributed by atoms with Gasteiger partial charge in [0.15, 0.2) is 5.78 Å². The topological polar surface area (TPSA) is 63.6 Å². The maximum absolute atomic E-state index is 12.6. The van der Waals surface area contributed by atoms with E-state index >= 15 is 0 Å². The highest BCUT2D eigenvalue weighted by atomic mass is 16.5. The van der Waals surface area contributed by atoms with Crippen molar-refractivity contribution in [1.82, 2.24) is 0 Å². The molecule has 0 saturated carbocycles. The summed E-state index contributed by atoms with van der Waals surface area (Å²) < 4.78 is 4.96. The van der Waals surface area contributed by atoms with Gasteiger partial charge < -0.3 is 9.84 Å². The zero-order chi connectivity index (χ0) is 15.1. The summed E-state index contributed by atoms with van der Waals surface area (Å²) in [6.07, 6.45) is 6.01. The summed E-state index contributed by atoms with van der Waals surface area (Å²) in [5, 5.41) is 9.77. The predicted octanol–water partition coefficient (Wildman–Crippen LogP) is 1.89. The number of ether oxygens (including phenoxy) is 1. The van der Waals surface area contributed by atoms with Crippen LogP contribution in [0.25, 0.3) is 0 Å². The second kappa shape index (κ2) is 4.85. The molecule has 0 heterocycles. The third kappa shape index (κ3) is 1.78. The smallest absolute Gasteiger partial charge is 0.320 e. The molecule has 0 saturated heterocycles. The van der Waals surface area contributed by atoms with Gasteiger partial charge in [-0.3, -0.25) is 9.59 Å². The van der Waals surface area contributed by atoms with Crippen LogP contribution in [0, 0.1) is 22.7 Å². The standard InChI is InChI=1S/C16H22O4/c1-10-5-6-12-15(2,3)8-7-13(18)16(12,11(10)9-17)14(19)20-4/h5,7-8,11-12,17H,6,9H2,1-4H3/t11-,12-,16+/m1/s1. The van der Waals surface area contributed by atoms with Gasteiger partial charge in [-0.1, -0.05) is 31.6 Å². The lowest BCUT2D eigenvalue weighted by Crippen LogP contribution is -2.59. The van der Waals surface area contributed by atoms with Crippen LogP contribution in [0.1, 0.15) is 27.2 Å². The minimum atomic E-state index is -1.29. The van der Waals surface area contributed by atoms with Gasteiger partial charge in [0.25, 0.3) is 0 Å². The number of methoxy groups -OCH3 is 1. The molecule has 2 rings (SSSR count). The van der Waals surface area contributed by atoms with Gasteiger partial charge in [0.2, 0.25) is 0 Å². The minimum Gasteiger partial charge on any atom is -0.468 e. The van der Waals surface area contributed by atoms with Crippen molar-refractivity contribution < 1.29 is 19.4 Å². The molecule has 110 valence electrons. The molecular formula is C16H22O4. The lowest BCUT2D eigenvalue weighted by molar-refractivity contribution is -0.171. The number of rotatable bonds is 2. The van der Waals surface area contributed by atoms with E-state index in [1.807, 2.05) is 32.9 Å². The van der Waals surface area contributed by atoms with Crippen molar-refractivity contribution in [3.05, 3.63) is 23.8 Å². The number of carbonyl (C=O) groups excluding carboxylic acids is 2. The maximum atomic E-state index is 12.6. The third-order valence-electron chi connectivity index (χ3n) is 5.00. The minimum absolute atomic E-state index is 0.194. The number of fused-ring (bicyclic) bond motifs is 1. The molecule has 4 heteroatoms. The Labute approximate surface area is 119 Å². The molecule has 20 heavy (non-hydrogen) atoms. The summed E-state index contributed by atoms with van der Waals surface area (Å²) in [4.78, 5) is 25.1. The summed E-state index contributed by atoms with van der Waals surface area (Å²) in [7, 11) is 1.30. The Bertz CT molecular complexity index is 501. The highest BCUT2D eigenvalue weighted by Gasteiger charge is 2.63. The van der Waals surface area contributed by atoms with Crippen LogP contribution in [-0.4, -0.2) is 30.6 Å². The first-order chi connectivity index (χ1) is 9.32. The zero-order valence-electron chi connectivity index (χ0n) is 12.5. The number of esters is 1. The molecular weight excluding hydrogens is 256 g/mol. The number of carbonyl (C=O) groups is 2. The first-order valence-electron chi connectivity index (χ1n) is 6.92. The Morgan fingerprint density at radius 1 is 1.50 bits per heavy atom. The number of aliphatic hydroxyl groups is 1. The highest BCUT2D eigenvalue weighted by molar-refractivity contribution is 6.11. The average Bonchev–Trinajstić information content (AvgIpc) is 2.41. The summed E-state index contributed by atoms with van der Waals surface area (Å²) in [6.45, 7) is 5.66. The summed E-state index contributed by atoms with van der Waals surface area (Å²) in [6, 6.07) is 0. The van der Waals surface area contributed by atoms with Crippen LogP contribution >= 0.6 is 0 Å². The van der Waals surface area contributed by atoms with Crippen molar-refractivity contribution >= 4 is 11.8 Å². The Hall–Kier alpha value is -1.42. The lowest BCUT2D eigenvalue weighted by atomic mass is 9.49. The van der Waals surface area contributed by atoms with Gasteiger partial charge in [0.05, 0.1) is 13.7 Å². The van der Waals surface area contributed by atoms with E-state index in [1.165, 1.54) is 13.2 Å². The van der Waals surface area contributed by atoms with Gasteiger partial charge in [-0.05, 0) is 30.8 Å². The van der Waals surface area contributed by atoms with Crippen LogP contribution in [0.2, 0.25) is 0 Å². The van der Waals surface area contributed by atoms with Crippen molar-refractivity contribution in [1.29, 1.82) is 0 Å². The molecule has 3 atom stereocenters. The van der Waals surface area contributed by atoms with Crippen molar-refractivity contribution in [2.75, 3.05) is 13.7 Å². The first-order valence-corrected chi connectivity index (χ1v) is 6.92. The van der Waals surface area contributed by atoms with Gasteiger partial charge >= 0.3 is 5.97 Å². The Morgan fingerprint density at radius 3 is 2.70 bits per heavy atom. The van der Waals surface area contributed by atoms with E-state index in [2.05, 4.69) is 0 Å². The van der Waals surface area contributed by atoms with E-state index < -0.39 is 17.3 Å². The van der Waals surface area contributed by atoms with Crippen molar-refractivity contribution in [2.24, 2.45) is 22.7 Å². The monoisotopic (exact) mass is 278 g/mol. The maximum Gasteiger partial charge on any atom is 0.320 e. The summed E-state index contributed by atoms with van der Waals surface area (Å²) in [5.41, 5.74) is -0.707. The molecule has 1 N–H and O–H groups in total. The van der Waals surface area contributed by atoms with Gasteiger partial charge in [0, 0.05) is 5.92 Å². The number of allylic oxidation sites excluding steroid dienone is 3. The van der Waals surface area contributed by atoms with E-state index in [-0.39, 0.29) is 23.7 Å². The van der Waals surface area contributed by atoms with Gasteiger partial charge in [0.1, 0.15) is 5.41 Å². The lowest BCUT2D eigenvalue weighted by Gasteiger charge is -2.52. The molecule has 0 spiro atoms. The van der Waals surface area contributed by atoms with Crippen molar-refractivity contribution in [3.8, 4) is 0 Å². The fraction of sp³-hybridized carbons (Fsp3) is 0.625. The van der Waals surface area contributed by atoms with Crippen molar-refractivity contribution in [2.45, 2.75) is 27.2 Å². The molecule has 0 aliphatic heterocycles. The largest absolute Gasteiger partial charge is 0.468 e. The Balaban J connectivity index is 2.71. The second-order valence-electron chi connectivity index (χ2n) is 6.35. The molecule has 0 amide bonds. The fourth-order valence-corrected chi connectivity index (χ4v) is 3.85. The van der Waals surface area contributed by atoms with E-state index in [0.29, 0.717) is 6.42 Å². The molecule has 0 fully saturated rings. The molecule has 0 bridgehead atoms. The molecule has 0 unspecified atom stereocenters. The molecule has 2 aliphatic rings. The van der Waals surface area contributed by atoms with Crippen LogP contribution < -0.4 is 0 Å². The quantitative estimate of drug-likeness (QED) is 0.476. The summed E-state index contributed by atoms with van der Waals surface area (Å²) in [5.74, 6) is -1.48. The molecule has 0 radical (unpaired) electrons. The molecule has 0 aromatic heterocycles. The summed E-state index contributed by atoms with van der Waals surface area (Å²) >= 11 is 0. The van der Waals surface area contributed by atoms with Crippen LogP contribution in [-0.2, 0) is 14.3 Å². The van der Waals surface area contributed by atoms with E-state index in [0.717, 1.165) is 5.57 Å². The Kier molecular flexibility index (Phi) is 3.63. The number of ketones is 1. The zero-order valence-corrected chi connectivity index (χ0v) is 12.5. The number of hydrogen-bond donors (Lipinski definition) is 1. The second-order valence-corrected chi connectivity index (χ2v) is 6.35. The van der Waals surface area contributed by atoms with E-state index in [1.54, 1.807) is 0 Å². The van der Waals surface area contributed by atoms with Crippen molar-refractivity contribution in [3.63, 3.8) is 0 Å². The number of hydrogen-bond acceptors (Lipinski definition) is 4. The predicted molar refractivity (Wildman–Crippen MR) is 74.8 cm³/mol. The molecule has 4 nitrogen and oxygen atoms in total. The fourth-order valence-electron chi connectivity index (χ4n) is 3.85. The van der Waals surface area contributed by atoms with Crippen LogP contribution in [0.4, 0.5) is 0 Å². The third-order valence-corrected chi connectivity index (χ3v) is 5.00. The molecule has 2 aliphatic carbocycles. The van der Waals surface area contributed by atoms with Crippen LogP contribution in [0.15, 0.2) is 23.8 Å². The molecule has 0 aromatic carbocycles. The van der Waals surface area contributed by atoms with E-state index in [9.17, 15) is 14.7 Å². The van der Waals surface area contributed by atoms with Crippen LogP contribution in [0.5, 0.6) is 0 Å². The van der Waals surface area contributed by atoms with Gasteiger partial charge in [-0.15, -0.1) is 0 Å². The van der Waals surface area contributed by atoms with E-state index in [4.69, 9.17) is 4.74 Å². The van der Waals surface area contributed by atoms with Gasteiger partial charge in [-0.25, -0.2) is 0 Å².